The predicted octanol–water partition coefficient (Wildman–Crippen LogP) is 3.36. The van der Waals surface area contributed by atoms with Crippen molar-refractivity contribution < 1.29 is 0 Å². The molecule has 0 bridgehead atoms. The van der Waals surface area contributed by atoms with Gasteiger partial charge in [0.15, 0.2) is 0 Å². The van der Waals surface area contributed by atoms with E-state index in [4.69, 9.17) is 11.6 Å². The van der Waals surface area contributed by atoms with Gasteiger partial charge in [-0.05, 0) is 46.3 Å². The van der Waals surface area contributed by atoms with Gasteiger partial charge in [0.05, 0.1) is 0 Å². The standard InChI is InChI=1S/C14H25ClN4/c1-5-19(6-2)9-7-8-11(3)16-14-10-13(15)17-12(4)18-14/h10-11H,5-9H2,1-4H3,(H,16,17,18). The van der Waals surface area contributed by atoms with Gasteiger partial charge in [0, 0.05) is 12.1 Å². The van der Waals surface area contributed by atoms with E-state index in [9.17, 15) is 0 Å². The molecule has 1 unspecified atom stereocenters. The second-order valence-corrected chi connectivity index (χ2v) is 5.22. The van der Waals surface area contributed by atoms with Crippen LogP contribution in [-0.4, -0.2) is 40.5 Å². The molecule has 4 nitrogen and oxygen atoms in total. The van der Waals surface area contributed by atoms with Crippen LogP contribution in [0.5, 0.6) is 0 Å². The van der Waals surface area contributed by atoms with Crippen LogP contribution in [0.3, 0.4) is 0 Å². The van der Waals surface area contributed by atoms with Crippen molar-refractivity contribution in [2.45, 2.75) is 46.6 Å². The third-order valence-corrected chi connectivity index (χ3v) is 3.40. The second-order valence-electron chi connectivity index (χ2n) is 4.84. The summed E-state index contributed by atoms with van der Waals surface area (Å²) in [4.78, 5) is 10.8. The molecule has 0 aliphatic heterocycles. The normalized spacial score (nSPS) is 12.7. The number of nitrogens with one attached hydrogen (secondary N) is 1. The van der Waals surface area contributed by atoms with Crippen molar-refractivity contribution in [3.05, 3.63) is 17.0 Å². The summed E-state index contributed by atoms with van der Waals surface area (Å²) in [5.74, 6) is 1.51. The summed E-state index contributed by atoms with van der Waals surface area (Å²) in [6.07, 6.45) is 2.31. The highest BCUT2D eigenvalue weighted by molar-refractivity contribution is 6.29. The molecular weight excluding hydrogens is 260 g/mol. The van der Waals surface area contributed by atoms with Crippen molar-refractivity contribution >= 4 is 17.4 Å². The third-order valence-electron chi connectivity index (χ3n) is 3.21. The van der Waals surface area contributed by atoms with E-state index in [0.717, 1.165) is 31.9 Å². The first-order valence-corrected chi connectivity index (χ1v) is 7.43. The van der Waals surface area contributed by atoms with Gasteiger partial charge in [0.2, 0.25) is 0 Å². The van der Waals surface area contributed by atoms with Crippen LogP contribution in [0.15, 0.2) is 6.07 Å². The second kappa shape index (κ2) is 8.33. The molecule has 1 atom stereocenters. The molecule has 1 heterocycles. The first-order valence-electron chi connectivity index (χ1n) is 7.05. The van der Waals surface area contributed by atoms with E-state index in [1.54, 1.807) is 6.07 Å². The van der Waals surface area contributed by atoms with Gasteiger partial charge in [-0.25, -0.2) is 9.97 Å². The van der Waals surface area contributed by atoms with Gasteiger partial charge < -0.3 is 10.2 Å². The molecule has 5 heteroatoms. The highest BCUT2D eigenvalue weighted by Crippen LogP contribution is 2.13. The Morgan fingerprint density at radius 3 is 2.58 bits per heavy atom. The van der Waals surface area contributed by atoms with Crippen LogP contribution in [0.25, 0.3) is 0 Å². The smallest absolute Gasteiger partial charge is 0.134 e. The Balaban J connectivity index is 2.36. The summed E-state index contributed by atoms with van der Waals surface area (Å²) >= 11 is 5.92. The zero-order valence-corrected chi connectivity index (χ0v) is 13.2. The molecule has 0 saturated heterocycles. The van der Waals surface area contributed by atoms with Crippen LogP contribution in [0.2, 0.25) is 5.15 Å². The Labute approximate surface area is 121 Å². The Morgan fingerprint density at radius 2 is 2.00 bits per heavy atom. The van der Waals surface area contributed by atoms with E-state index >= 15 is 0 Å². The van der Waals surface area contributed by atoms with Crippen molar-refractivity contribution in [2.75, 3.05) is 25.0 Å². The Kier molecular flexibility index (Phi) is 7.10. The van der Waals surface area contributed by atoms with Gasteiger partial charge in [-0.15, -0.1) is 0 Å². The van der Waals surface area contributed by atoms with Crippen LogP contribution in [0.1, 0.15) is 39.4 Å². The largest absolute Gasteiger partial charge is 0.367 e. The summed E-state index contributed by atoms with van der Waals surface area (Å²) in [5, 5.41) is 3.87. The lowest BCUT2D eigenvalue weighted by molar-refractivity contribution is 0.295. The summed E-state index contributed by atoms with van der Waals surface area (Å²) in [6.45, 7) is 11.8. The summed E-state index contributed by atoms with van der Waals surface area (Å²) in [5.41, 5.74) is 0. The Morgan fingerprint density at radius 1 is 1.32 bits per heavy atom. The lowest BCUT2D eigenvalue weighted by Gasteiger charge is -2.20. The molecule has 108 valence electrons. The van der Waals surface area contributed by atoms with Gasteiger partial charge in [-0.1, -0.05) is 25.4 Å². The highest BCUT2D eigenvalue weighted by atomic mass is 35.5. The molecule has 0 saturated carbocycles. The number of rotatable bonds is 8. The molecule has 0 aliphatic rings. The molecule has 0 fully saturated rings. The van der Waals surface area contributed by atoms with Crippen LogP contribution in [0, 0.1) is 6.92 Å². The van der Waals surface area contributed by atoms with Crippen molar-refractivity contribution in [1.29, 1.82) is 0 Å². The van der Waals surface area contributed by atoms with E-state index in [0.29, 0.717) is 17.0 Å². The fraction of sp³-hybridized carbons (Fsp3) is 0.714. The van der Waals surface area contributed by atoms with E-state index in [-0.39, 0.29) is 0 Å². The lowest BCUT2D eigenvalue weighted by Crippen LogP contribution is -2.25. The topological polar surface area (TPSA) is 41.0 Å². The zero-order chi connectivity index (χ0) is 14.3. The van der Waals surface area contributed by atoms with E-state index in [1.807, 2.05) is 6.92 Å². The Hall–Kier alpha value is -0.870. The van der Waals surface area contributed by atoms with Gasteiger partial charge in [-0.2, -0.15) is 0 Å². The van der Waals surface area contributed by atoms with Crippen LogP contribution in [0.4, 0.5) is 5.82 Å². The number of nitrogens with zero attached hydrogens (tertiary/aromatic N) is 3. The number of aryl methyl sites for hydroxylation is 1. The molecule has 1 aromatic heterocycles. The van der Waals surface area contributed by atoms with E-state index < -0.39 is 0 Å². The Bertz CT molecular complexity index is 359. The minimum Gasteiger partial charge on any atom is -0.367 e. The molecule has 0 radical (unpaired) electrons. The fourth-order valence-electron chi connectivity index (χ4n) is 2.09. The molecule has 0 amide bonds. The zero-order valence-electron chi connectivity index (χ0n) is 12.4. The third kappa shape index (κ3) is 6.21. The molecule has 1 aromatic rings. The van der Waals surface area contributed by atoms with Crippen LogP contribution >= 0.6 is 11.6 Å². The van der Waals surface area contributed by atoms with E-state index in [1.165, 1.54) is 6.42 Å². The maximum absolute atomic E-state index is 5.92. The molecule has 19 heavy (non-hydrogen) atoms. The quantitative estimate of drug-likeness (QED) is 0.743. The molecule has 0 aliphatic carbocycles. The van der Waals surface area contributed by atoms with Crippen molar-refractivity contribution in [1.82, 2.24) is 14.9 Å². The number of aromatic nitrogens is 2. The van der Waals surface area contributed by atoms with Gasteiger partial charge >= 0.3 is 0 Å². The van der Waals surface area contributed by atoms with Gasteiger partial charge in [0.1, 0.15) is 16.8 Å². The maximum atomic E-state index is 5.92. The average Bonchev–Trinajstić information content (AvgIpc) is 2.33. The van der Waals surface area contributed by atoms with E-state index in [2.05, 4.69) is 41.0 Å². The van der Waals surface area contributed by atoms with Crippen molar-refractivity contribution in [3.63, 3.8) is 0 Å². The summed E-state index contributed by atoms with van der Waals surface area (Å²) in [7, 11) is 0. The first kappa shape index (κ1) is 16.2. The average molecular weight is 285 g/mol. The minimum atomic E-state index is 0.390. The molecular formula is C14H25ClN4. The summed E-state index contributed by atoms with van der Waals surface area (Å²) < 4.78 is 0. The first-order chi connectivity index (χ1) is 9.05. The van der Waals surface area contributed by atoms with Gasteiger partial charge in [-0.3, -0.25) is 0 Å². The van der Waals surface area contributed by atoms with Crippen molar-refractivity contribution in [3.8, 4) is 0 Å². The summed E-state index contributed by atoms with van der Waals surface area (Å²) in [6, 6.07) is 2.16. The van der Waals surface area contributed by atoms with Gasteiger partial charge in [0.25, 0.3) is 0 Å². The molecule has 1 N–H and O–H groups in total. The minimum absolute atomic E-state index is 0.390. The maximum Gasteiger partial charge on any atom is 0.134 e. The SMILES string of the molecule is CCN(CC)CCCC(C)Nc1cc(Cl)nc(C)n1. The van der Waals surface area contributed by atoms with Crippen LogP contribution < -0.4 is 5.32 Å². The molecule has 1 rings (SSSR count). The van der Waals surface area contributed by atoms with Crippen LogP contribution in [-0.2, 0) is 0 Å². The molecule has 0 aromatic carbocycles. The number of hydrogen-bond acceptors (Lipinski definition) is 4. The number of halogens is 1. The number of hydrogen-bond donors (Lipinski definition) is 1. The molecule has 0 spiro atoms. The lowest BCUT2D eigenvalue weighted by atomic mass is 10.1. The fourth-order valence-corrected chi connectivity index (χ4v) is 2.32. The monoisotopic (exact) mass is 284 g/mol. The van der Waals surface area contributed by atoms with Crippen molar-refractivity contribution in [2.24, 2.45) is 0 Å². The predicted molar refractivity (Wildman–Crippen MR) is 81.9 cm³/mol. The highest BCUT2D eigenvalue weighted by Gasteiger charge is 2.06. The number of anilines is 1.